The van der Waals surface area contributed by atoms with Crippen molar-refractivity contribution in [3.63, 3.8) is 0 Å². The molecule has 43 heavy (non-hydrogen) atoms. The van der Waals surface area contributed by atoms with Crippen molar-refractivity contribution in [1.82, 2.24) is 25.2 Å². The molecule has 3 heterocycles. The number of nitrogens with one attached hydrogen (secondary N) is 2. The molecule has 2 unspecified atom stereocenters. The van der Waals surface area contributed by atoms with Gasteiger partial charge in [-0.2, -0.15) is 18.4 Å². The first kappa shape index (κ1) is 35.2. The molecule has 1 fully saturated rings. The fourth-order valence-corrected chi connectivity index (χ4v) is 4.42. The second kappa shape index (κ2) is 15.5. The number of aromatic nitrogens is 3. The number of likely N-dealkylation sites (tertiary alicyclic amines) is 1. The highest BCUT2D eigenvalue weighted by molar-refractivity contribution is 6.35. The summed E-state index contributed by atoms with van der Waals surface area (Å²) in [6.07, 6.45) is 1.22. The quantitative estimate of drug-likeness (QED) is 0.312. The van der Waals surface area contributed by atoms with E-state index >= 15 is 0 Å². The van der Waals surface area contributed by atoms with Gasteiger partial charge >= 0.3 is 6.18 Å². The molecule has 0 aliphatic carbocycles. The van der Waals surface area contributed by atoms with Crippen LogP contribution in [0.2, 0.25) is 5.02 Å². The second-order valence-electron chi connectivity index (χ2n) is 11.4. The monoisotopic (exact) mass is 619 g/mol. The number of fused-ring (bicyclic) bond motifs is 1. The van der Waals surface area contributed by atoms with Gasteiger partial charge < -0.3 is 15.5 Å². The molecule has 9 nitrogen and oxygen atoms in total. The number of anilines is 1. The molecule has 2 amide bonds. The third-order valence-electron chi connectivity index (χ3n) is 6.59. The van der Waals surface area contributed by atoms with Gasteiger partial charge in [0, 0.05) is 59.2 Å². The van der Waals surface area contributed by atoms with Crippen molar-refractivity contribution < 1.29 is 22.8 Å². The van der Waals surface area contributed by atoms with Crippen molar-refractivity contribution in [1.29, 1.82) is 5.26 Å². The minimum absolute atomic E-state index is 0.0132. The maximum atomic E-state index is 12.8. The Morgan fingerprint density at radius 1 is 1.23 bits per heavy atom. The smallest absolute Gasteiger partial charge is 0.359 e. The Kier molecular flexibility index (Phi) is 12.7. The number of nitriles is 1. The van der Waals surface area contributed by atoms with Gasteiger partial charge in [0.1, 0.15) is 6.04 Å². The van der Waals surface area contributed by atoms with Crippen LogP contribution >= 0.6 is 11.6 Å². The fourth-order valence-electron chi connectivity index (χ4n) is 4.12. The first-order chi connectivity index (χ1) is 20.1. The van der Waals surface area contributed by atoms with Crippen LogP contribution in [-0.2, 0) is 15.8 Å². The number of carbonyl (C=O) groups is 2. The lowest BCUT2D eigenvalue weighted by Gasteiger charge is -2.22. The van der Waals surface area contributed by atoms with Crippen LogP contribution in [0.5, 0.6) is 0 Å². The molecule has 2 aromatic heterocycles. The number of pyridine rings is 1. The van der Waals surface area contributed by atoms with Gasteiger partial charge in [0.05, 0.1) is 12.6 Å². The summed E-state index contributed by atoms with van der Waals surface area (Å²) in [6, 6.07) is 6.65. The summed E-state index contributed by atoms with van der Waals surface area (Å²) in [5, 5.41) is 16.0. The Bertz CT molecular complexity index is 1420. The maximum absolute atomic E-state index is 12.8. The lowest BCUT2D eigenvalue weighted by molar-refractivity contribution is -0.140. The number of alkyl halides is 3. The molecule has 2 atom stereocenters. The number of carbonyl (C=O) groups excluding carboxylic acids is 2. The average Bonchev–Trinajstić information content (AvgIpc) is 3.22. The number of halogens is 4. The topological polar surface area (TPSA) is 124 Å². The highest BCUT2D eigenvalue weighted by Gasteiger charge is 2.39. The van der Waals surface area contributed by atoms with E-state index in [2.05, 4.69) is 67.1 Å². The standard InChI is InChI=1S/C14H19F3N4O.C12H8ClN3O.C4H10/c1-9-7-21(8-13(9,2)3)10(22)6-20-12-11(14(15,16)17)18-4-5-19-12;13-10-3-1-2-8-5-15-6-9(12(8)10)11(4-14)16-7-17;1-4(2)3/h4-5,9H,6-8H2,1-3H3,(H,19,20);1-3,5-7,11H,(H,16,17);4H,1-3H3. The largest absolute Gasteiger partial charge is 0.437 e. The molecule has 3 aromatic rings. The van der Waals surface area contributed by atoms with Gasteiger partial charge in [0.2, 0.25) is 12.3 Å². The minimum Gasteiger partial charge on any atom is -0.359 e. The molecule has 1 aromatic carbocycles. The molecular formula is C30H37ClF3N7O2. The Balaban J connectivity index is 0.000000273. The van der Waals surface area contributed by atoms with Crippen LogP contribution in [0, 0.1) is 28.6 Å². The molecule has 13 heteroatoms. The Morgan fingerprint density at radius 3 is 2.44 bits per heavy atom. The summed E-state index contributed by atoms with van der Waals surface area (Å²) in [5.41, 5.74) is -0.500. The summed E-state index contributed by atoms with van der Waals surface area (Å²) < 4.78 is 38.4. The summed E-state index contributed by atoms with van der Waals surface area (Å²) >= 11 is 6.11. The summed E-state index contributed by atoms with van der Waals surface area (Å²) in [7, 11) is 0. The molecule has 232 valence electrons. The van der Waals surface area contributed by atoms with E-state index in [0.29, 0.717) is 36.0 Å². The van der Waals surface area contributed by atoms with Crippen molar-refractivity contribution in [2.75, 3.05) is 25.0 Å². The highest BCUT2D eigenvalue weighted by Crippen LogP contribution is 2.35. The lowest BCUT2D eigenvalue weighted by Crippen LogP contribution is -2.35. The number of hydrogen-bond donors (Lipinski definition) is 2. The summed E-state index contributed by atoms with van der Waals surface area (Å²) in [5.74, 6) is 0.518. The van der Waals surface area contributed by atoms with E-state index in [-0.39, 0.29) is 17.9 Å². The van der Waals surface area contributed by atoms with Gasteiger partial charge in [-0.1, -0.05) is 65.3 Å². The number of benzene rings is 1. The lowest BCUT2D eigenvalue weighted by atomic mass is 9.84. The zero-order chi connectivity index (χ0) is 32.4. The minimum atomic E-state index is -4.61. The zero-order valence-electron chi connectivity index (χ0n) is 25.0. The molecule has 1 saturated heterocycles. The van der Waals surface area contributed by atoms with E-state index in [0.717, 1.165) is 29.1 Å². The number of amides is 2. The molecule has 2 N–H and O–H groups in total. The number of hydrogen-bond acceptors (Lipinski definition) is 7. The van der Waals surface area contributed by atoms with Crippen molar-refractivity contribution in [2.45, 2.75) is 53.8 Å². The van der Waals surface area contributed by atoms with Crippen molar-refractivity contribution in [3.05, 3.63) is 59.3 Å². The van der Waals surface area contributed by atoms with E-state index in [1.54, 1.807) is 23.4 Å². The van der Waals surface area contributed by atoms with E-state index < -0.39 is 23.7 Å². The fraction of sp³-hybridized carbons (Fsp3) is 0.467. The summed E-state index contributed by atoms with van der Waals surface area (Å²) in [4.78, 5) is 35.2. The first-order valence-electron chi connectivity index (χ1n) is 13.6. The third-order valence-corrected chi connectivity index (χ3v) is 6.90. The molecule has 1 aliphatic rings. The molecule has 4 rings (SSSR count). The van der Waals surface area contributed by atoms with Crippen LogP contribution in [0.1, 0.15) is 58.8 Å². The van der Waals surface area contributed by atoms with E-state index in [1.807, 2.05) is 18.2 Å². The number of rotatable bonds is 6. The Morgan fingerprint density at radius 2 is 1.88 bits per heavy atom. The SMILES string of the molecule is CC(C)C.CC1CN(C(=O)CNc2nccnc2C(F)(F)F)CC1(C)C.N#CC(NC=O)c1cncc2cccc(Cl)c12. The maximum Gasteiger partial charge on any atom is 0.437 e. The molecule has 0 radical (unpaired) electrons. The summed E-state index contributed by atoms with van der Waals surface area (Å²) in [6.45, 7) is 13.7. The van der Waals surface area contributed by atoms with E-state index in [9.17, 15) is 22.8 Å². The van der Waals surface area contributed by atoms with E-state index in [1.165, 1.54) is 0 Å². The Labute approximate surface area is 254 Å². The van der Waals surface area contributed by atoms with Crippen molar-refractivity contribution >= 4 is 40.5 Å². The van der Waals surface area contributed by atoms with Crippen LogP contribution in [0.3, 0.4) is 0 Å². The average molecular weight is 620 g/mol. The molecule has 0 bridgehead atoms. The van der Waals surface area contributed by atoms with Crippen LogP contribution in [0.4, 0.5) is 19.0 Å². The van der Waals surface area contributed by atoms with Crippen molar-refractivity contribution in [3.8, 4) is 6.07 Å². The van der Waals surface area contributed by atoms with Crippen LogP contribution in [0.25, 0.3) is 10.8 Å². The normalized spacial score (nSPS) is 16.2. The third kappa shape index (κ3) is 10.1. The van der Waals surface area contributed by atoms with Gasteiger partial charge in [-0.3, -0.25) is 14.6 Å². The van der Waals surface area contributed by atoms with Gasteiger partial charge in [0.25, 0.3) is 0 Å². The van der Waals surface area contributed by atoms with Crippen LogP contribution in [-0.4, -0.2) is 51.8 Å². The predicted molar refractivity (Wildman–Crippen MR) is 160 cm³/mol. The van der Waals surface area contributed by atoms with Gasteiger partial charge in [0.15, 0.2) is 11.5 Å². The van der Waals surface area contributed by atoms with Crippen LogP contribution in [0.15, 0.2) is 43.0 Å². The first-order valence-corrected chi connectivity index (χ1v) is 14.0. The van der Waals surface area contributed by atoms with Crippen molar-refractivity contribution in [2.24, 2.45) is 17.3 Å². The molecule has 1 aliphatic heterocycles. The molecular weight excluding hydrogens is 583 g/mol. The zero-order valence-corrected chi connectivity index (χ0v) is 25.8. The predicted octanol–water partition coefficient (Wildman–Crippen LogP) is 6.27. The highest BCUT2D eigenvalue weighted by atomic mass is 35.5. The van der Waals surface area contributed by atoms with Gasteiger partial charge in [-0.25, -0.2) is 9.97 Å². The Hall–Kier alpha value is -3.98. The van der Waals surface area contributed by atoms with E-state index in [4.69, 9.17) is 16.9 Å². The van der Waals surface area contributed by atoms with Crippen LogP contribution < -0.4 is 10.6 Å². The number of nitrogens with zero attached hydrogens (tertiary/aromatic N) is 5. The molecule has 0 spiro atoms. The van der Waals surface area contributed by atoms with Gasteiger partial charge in [-0.05, 0) is 23.3 Å². The second-order valence-corrected chi connectivity index (χ2v) is 11.8. The van der Waals surface area contributed by atoms with Gasteiger partial charge in [-0.15, -0.1) is 0 Å². The molecule has 0 saturated carbocycles.